The van der Waals surface area contributed by atoms with Gasteiger partial charge in [-0.1, -0.05) is 39.0 Å². The molecule has 0 spiro atoms. The van der Waals surface area contributed by atoms with Gasteiger partial charge >= 0.3 is 5.97 Å². The zero-order valence-corrected chi connectivity index (χ0v) is 19.5. The molecule has 0 aliphatic heterocycles. The van der Waals surface area contributed by atoms with Crippen LogP contribution in [0.3, 0.4) is 0 Å². The summed E-state index contributed by atoms with van der Waals surface area (Å²) in [7, 11) is 0. The minimum Gasteiger partial charge on any atom is -0.455 e. The lowest BCUT2D eigenvalue weighted by Crippen LogP contribution is -2.33. The van der Waals surface area contributed by atoms with E-state index in [-0.39, 0.29) is 11.6 Å². The van der Waals surface area contributed by atoms with Crippen LogP contribution in [0.2, 0.25) is 0 Å². The smallest absolute Gasteiger partial charge is 0.359 e. The Labute approximate surface area is 184 Å². The van der Waals surface area contributed by atoms with Crippen molar-refractivity contribution in [3.05, 3.63) is 47.4 Å². The fourth-order valence-electron chi connectivity index (χ4n) is 4.07. The minimum absolute atomic E-state index is 0.00980. The molecule has 2 heterocycles. The lowest BCUT2D eigenvalue weighted by Gasteiger charge is -2.25. The number of amides is 1. The first-order valence-electron chi connectivity index (χ1n) is 11.2. The maximum atomic E-state index is 13.8. The van der Waals surface area contributed by atoms with Crippen LogP contribution in [0.1, 0.15) is 80.8 Å². The van der Waals surface area contributed by atoms with E-state index in [1.807, 2.05) is 61.3 Å². The van der Waals surface area contributed by atoms with Crippen molar-refractivity contribution in [1.29, 1.82) is 0 Å². The molecule has 0 saturated carbocycles. The van der Waals surface area contributed by atoms with Crippen LogP contribution in [0.4, 0.5) is 0 Å². The minimum atomic E-state index is -0.631. The highest BCUT2D eigenvalue weighted by atomic mass is 16.6. The highest BCUT2D eigenvalue weighted by Gasteiger charge is 2.28. The Kier molecular flexibility index (Phi) is 6.68. The first kappa shape index (κ1) is 22.8. The van der Waals surface area contributed by atoms with Crippen molar-refractivity contribution in [2.24, 2.45) is 0 Å². The lowest BCUT2D eigenvalue weighted by molar-refractivity contribution is 0.00655. The Morgan fingerprint density at radius 1 is 1.06 bits per heavy atom. The van der Waals surface area contributed by atoms with Crippen molar-refractivity contribution in [2.75, 3.05) is 13.1 Å². The third kappa shape index (κ3) is 4.43. The maximum Gasteiger partial charge on any atom is 0.359 e. The van der Waals surface area contributed by atoms with Crippen molar-refractivity contribution in [3.8, 4) is 0 Å². The molecule has 0 atom stereocenters. The van der Waals surface area contributed by atoms with Crippen molar-refractivity contribution >= 4 is 28.3 Å². The van der Waals surface area contributed by atoms with Crippen molar-refractivity contribution < 1.29 is 14.3 Å². The van der Waals surface area contributed by atoms with E-state index in [9.17, 15) is 9.59 Å². The monoisotopic (exact) mass is 423 g/mol. The molecule has 0 aliphatic rings. The molecular weight excluding hydrogens is 390 g/mol. The summed E-state index contributed by atoms with van der Waals surface area (Å²) in [6, 6.07) is 7.82. The third-order valence-corrected chi connectivity index (χ3v) is 5.22. The first-order valence-corrected chi connectivity index (χ1v) is 11.2. The number of aromatic nitrogens is 2. The van der Waals surface area contributed by atoms with Crippen LogP contribution in [-0.4, -0.2) is 44.9 Å². The van der Waals surface area contributed by atoms with E-state index in [2.05, 4.69) is 18.8 Å². The zero-order chi connectivity index (χ0) is 22.8. The molecule has 0 N–H and O–H groups in total. The SMILES string of the molecule is CCCN(CCC)C(=O)c1c(CC)c2c(C(=O)OC(C)(C)C)ncn2c2ccccc12. The second-order valence-corrected chi connectivity index (χ2v) is 8.83. The fourth-order valence-corrected chi connectivity index (χ4v) is 4.07. The van der Waals surface area contributed by atoms with Gasteiger partial charge in [0, 0.05) is 18.5 Å². The number of para-hydroxylation sites is 1. The Hall–Kier alpha value is -2.89. The number of nitrogens with zero attached hydrogens (tertiary/aromatic N) is 3. The molecule has 0 aliphatic carbocycles. The van der Waals surface area contributed by atoms with E-state index in [1.165, 1.54) is 0 Å². The first-order chi connectivity index (χ1) is 14.7. The Morgan fingerprint density at radius 3 is 2.29 bits per heavy atom. The third-order valence-electron chi connectivity index (χ3n) is 5.22. The molecule has 0 saturated heterocycles. The number of hydrogen-bond acceptors (Lipinski definition) is 4. The number of aryl methyl sites for hydroxylation is 1. The van der Waals surface area contributed by atoms with Gasteiger partial charge in [0.2, 0.25) is 0 Å². The summed E-state index contributed by atoms with van der Waals surface area (Å²) >= 11 is 0. The van der Waals surface area contributed by atoms with Crippen LogP contribution >= 0.6 is 0 Å². The van der Waals surface area contributed by atoms with Gasteiger partial charge in [-0.25, -0.2) is 9.78 Å². The summed E-state index contributed by atoms with van der Waals surface area (Å²) in [5.41, 5.74) is 2.63. The number of hydrogen-bond donors (Lipinski definition) is 0. The number of esters is 1. The van der Waals surface area contributed by atoms with Gasteiger partial charge in [0.05, 0.1) is 16.6 Å². The van der Waals surface area contributed by atoms with Gasteiger partial charge in [-0.3, -0.25) is 9.20 Å². The number of carbonyl (C=O) groups is 2. The maximum absolute atomic E-state index is 13.8. The van der Waals surface area contributed by atoms with Gasteiger partial charge in [-0.2, -0.15) is 0 Å². The fraction of sp³-hybridized carbons (Fsp3) is 0.480. The highest BCUT2D eigenvalue weighted by Crippen LogP contribution is 2.31. The van der Waals surface area contributed by atoms with Crippen LogP contribution < -0.4 is 0 Å². The Morgan fingerprint density at radius 2 is 1.71 bits per heavy atom. The van der Waals surface area contributed by atoms with Gasteiger partial charge in [-0.05, 0) is 51.7 Å². The van der Waals surface area contributed by atoms with E-state index in [1.54, 1.807) is 6.33 Å². The molecule has 1 aromatic carbocycles. The second kappa shape index (κ2) is 9.08. The predicted octanol–water partition coefficient (Wildman–Crippen LogP) is 5.27. The summed E-state index contributed by atoms with van der Waals surface area (Å²) in [4.78, 5) is 33.1. The largest absolute Gasteiger partial charge is 0.455 e. The number of rotatable bonds is 7. The van der Waals surface area contributed by atoms with Gasteiger partial charge in [0.1, 0.15) is 11.9 Å². The number of fused-ring (bicyclic) bond motifs is 3. The number of imidazole rings is 1. The summed E-state index contributed by atoms with van der Waals surface area (Å²) in [5.74, 6) is -0.465. The molecule has 3 rings (SSSR count). The van der Waals surface area contributed by atoms with Crippen molar-refractivity contribution in [1.82, 2.24) is 14.3 Å². The van der Waals surface area contributed by atoms with E-state index in [4.69, 9.17) is 4.74 Å². The quantitative estimate of drug-likeness (QED) is 0.486. The Balaban J connectivity index is 2.33. The van der Waals surface area contributed by atoms with Gasteiger partial charge < -0.3 is 9.64 Å². The summed E-state index contributed by atoms with van der Waals surface area (Å²) in [6.07, 6.45) is 4.04. The molecule has 0 fully saturated rings. The topological polar surface area (TPSA) is 63.9 Å². The van der Waals surface area contributed by atoms with Crippen LogP contribution in [0.15, 0.2) is 30.6 Å². The normalized spacial score (nSPS) is 11.8. The average molecular weight is 424 g/mol. The molecule has 6 heteroatoms. The molecule has 166 valence electrons. The average Bonchev–Trinajstić information content (AvgIpc) is 3.16. The molecular formula is C25H33N3O3. The van der Waals surface area contributed by atoms with Crippen LogP contribution in [0, 0.1) is 0 Å². The summed E-state index contributed by atoms with van der Waals surface area (Å²) in [5, 5.41) is 0.877. The van der Waals surface area contributed by atoms with Crippen molar-refractivity contribution in [3.63, 3.8) is 0 Å². The van der Waals surface area contributed by atoms with E-state index >= 15 is 0 Å². The van der Waals surface area contributed by atoms with E-state index in [0.717, 1.165) is 29.3 Å². The predicted molar refractivity (Wildman–Crippen MR) is 124 cm³/mol. The van der Waals surface area contributed by atoms with Crippen molar-refractivity contribution in [2.45, 2.75) is 66.4 Å². The summed E-state index contributed by atoms with van der Waals surface area (Å²) in [6.45, 7) is 13.1. The zero-order valence-electron chi connectivity index (χ0n) is 19.5. The van der Waals surface area contributed by atoms with E-state index in [0.29, 0.717) is 30.6 Å². The highest BCUT2D eigenvalue weighted by molar-refractivity contribution is 6.11. The summed E-state index contributed by atoms with van der Waals surface area (Å²) < 4.78 is 7.53. The molecule has 3 aromatic rings. The lowest BCUT2D eigenvalue weighted by atomic mass is 9.97. The van der Waals surface area contributed by atoms with E-state index < -0.39 is 11.6 Å². The number of carbonyl (C=O) groups excluding carboxylic acids is 2. The standard InChI is InChI=1S/C25H33N3O3/c1-7-14-27(15-8-2)23(29)20-17(9-3)22-21(24(30)31-25(4,5)6)26-16-28(22)19-13-11-10-12-18(19)20/h10-13,16H,7-9,14-15H2,1-6H3. The molecule has 0 bridgehead atoms. The molecule has 1 amide bonds. The number of ether oxygens (including phenoxy) is 1. The van der Waals surface area contributed by atoms with Gasteiger partial charge in [-0.15, -0.1) is 0 Å². The number of pyridine rings is 1. The van der Waals surface area contributed by atoms with Crippen LogP contribution in [0.25, 0.3) is 16.4 Å². The van der Waals surface area contributed by atoms with Crippen LogP contribution in [0.5, 0.6) is 0 Å². The molecule has 0 radical (unpaired) electrons. The molecule has 6 nitrogen and oxygen atoms in total. The van der Waals surface area contributed by atoms with Gasteiger partial charge in [0.15, 0.2) is 5.69 Å². The molecule has 31 heavy (non-hydrogen) atoms. The second-order valence-electron chi connectivity index (χ2n) is 8.83. The molecule has 2 aromatic heterocycles. The van der Waals surface area contributed by atoms with Gasteiger partial charge in [0.25, 0.3) is 5.91 Å². The molecule has 0 unspecified atom stereocenters. The number of benzene rings is 1. The van der Waals surface area contributed by atoms with Crippen LogP contribution in [-0.2, 0) is 11.2 Å². The Bertz CT molecular complexity index is 1100.